The van der Waals surface area contributed by atoms with Crippen molar-refractivity contribution in [3.63, 3.8) is 0 Å². The van der Waals surface area contributed by atoms with Crippen molar-refractivity contribution in [2.24, 2.45) is 0 Å². The van der Waals surface area contributed by atoms with Gasteiger partial charge in [-0.2, -0.15) is 0 Å². The van der Waals surface area contributed by atoms with Gasteiger partial charge in [-0.1, -0.05) is 72.8 Å². The van der Waals surface area contributed by atoms with Gasteiger partial charge in [0.15, 0.2) is 0 Å². The highest BCUT2D eigenvalue weighted by atomic mass is 32.2. The maximum Gasteiger partial charge on any atom is 0.206 e. The summed E-state index contributed by atoms with van der Waals surface area (Å²) in [5.74, 6) is 0. The van der Waals surface area contributed by atoms with Crippen molar-refractivity contribution in [3.8, 4) is 0 Å². The fourth-order valence-corrected chi connectivity index (χ4v) is 3.02. The van der Waals surface area contributed by atoms with E-state index in [0.717, 1.165) is 0 Å². The van der Waals surface area contributed by atoms with Crippen LogP contribution in [0.3, 0.4) is 0 Å². The van der Waals surface area contributed by atoms with Gasteiger partial charge in [0.05, 0.1) is 9.79 Å². The summed E-state index contributed by atoms with van der Waals surface area (Å²) in [6, 6.07) is 28.9. The molecule has 0 aliphatic heterocycles. The fourth-order valence-electron chi connectivity index (χ4n) is 1.72. The van der Waals surface area contributed by atoms with Crippen LogP contribution in [0.4, 0.5) is 0 Å². The Labute approximate surface area is 125 Å². The molecule has 0 unspecified atom stereocenters. The zero-order valence-corrected chi connectivity index (χ0v) is 12.3. The van der Waals surface area contributed by atoms with Crippen molar-refractivity contribution in [1.82, 2.24) is 0 Å². The van der Waals surface area contributed by atoms with Gasteiger partial charge in [-0.15, -0.1) is 0 Å². The number of rotatable bonds is 2. The Kier molecular flexibility index (Phi) is 5.29. The summed E-state index contributed by atoms with van der Waals surface area (Å²) in [5, 5.41) is 0. The van der Waals surface area contributed by atoms with Crippen LogP contribution >= 0.6 is 0 Å². The van der Waals surface area contributed by atoms with Crippen LogP contribution in [0.25, 0.3) is 0 Å². The van der Waals surface area contributed by atoms with Crippen molar-refractivity contribution in [1.29, 1.82) is 0 Å². The molecular formula is C18H16O2S. The van der Waals surface area contributed by atoms with Gasteiger partial charge in [0, 0.05) is 0 Å². The first-order valence-electron chi connectivity index (χ1n) is 6.56. The van der Waals surface area contributed by atoms with E-state index < -0.39 is 9.84 Å². The van der Waals surface area contributed by atoms with E-state index in [2.05, 4.69) is 0 Å². The van der Waals surface area contributed by atoms with Gasteiger partial charge in [-0.25, -0.2) is 8.42 Å². The van der Waals surface area contributed by atoms with Crippen LogP contribution in [0.1, 0.15) is 0 Å². The second kappa shape index (κ2) is 7.41. The molecule has 3 rings (SSSR count). The van der Waals surface area contributed by atoms with E-state index >= 15 is 0 Å². The normalized spacial score (nSPS) is 10.3. The van der Waals surface area contributed by atoms with Crippen molar-refractivity contribution in [2.45, 2.75) is 9.79 Å². The number of hydrogen-bond donors (Lipinski definition) is 0. The minimum atomic E-state index is -3.34. The van der Waals surface area contributed by atoms with Gasteiger partial charge in [-0.05, 0) is 24.3 Å². The van der Waals surface area contributed by atoms with E-state index in [1.807, 2.05) is 36.4 Å². The average molecular weight is 296 g/mol. The molecule has 0 saturated heterocycles. The van der Waals surface area contributed by atoms with Crippen LogP contribution in [0, 0.1) is 0 Å². The summed E-state index contributed by atoms with van der Waals surface area (Å²) in [7, 11) is -3.34. The summed E-state index contributed by atoms with van der Waals surface area (Å²) in [6.45, 7) is 0. The van der Waals surface area contributed by atoms with E-state index in [1.165, 1.54) is 0 Å². The minimum absolute atomic E-state index is 0.330. The second-order valence-corrected chi connectivity index (χ2v) is 6.23. The lowest BCUT2D eigenvalue weighted by atomic mass is 10.4. The highest BCUT2D eigenvalue weighted by Gasteiger charge is 2.15. The van der Waals surface area contributed by atoms with E-state index in [1.54, 1.807) is 60.7 Å². The zero-order valence-electron chi connectivity index (χ0n) is 11.5. The van der Waals surface area contributed by atoms with Crippen LogP contribution in [0.5, 0.6) is 0 Å². The predicted molar refractivity (Wildman–Crippen MR) is 84.8 cm³/mol. The largest absolute Gasteiger partial charge is 0.219 e. The van der Waals surface area contributed by atoms with Crippen LogP contribution in [-0.4, -0.2) is 8.42 Å². The Balaban J connectivity index is 0.000000225. The molecule has 0 aromatic heterocycles. The lowest BCUT2D eigenvalue weighted by Crippen LogP contribution is -2.00. The number of hydrogen-bond acceptors (Lipinski definition) is 2. The van der Waals surface area contributed by atoms with Crippen molar-refractivity contribution >= 4 is 9.84 Å². The third-order valence-electron chi connectivity index (χ3n) is 2.77. The summed E-state index contributed by atoms with van der Waals surface area (Å²) in [4.78, 5) is 0.660. The molecule has 0 saturated carbocycles. The molecule has 0 fully saturated rings. The molecule has 21 heavy (non-hydrogen) atoms. The van der Waals surface area contributed by atoms with E-state index in [9.17, 15) is 8.42 Å². The van der Waals surface area contributed by atoms with Crippen LogP contribution in [0.15, 0.2) is 107 Å². The second-order valence-electron chi connectivity index (χ2n) is 4.28. The quantitative estimate of drug-likeness (QED) is 0.710. The third-order valence-corrected chi connectivity index (χ3v) is 4.56. The minimum Gasteiger partial charge on any atom is -0.219 e. The average Bonchev–Trinajstić information content (AvgIpc) is 2.59. The van der Waals surface area contributed by atoms with Gasteiger partial charge >= 0.3 is 0 Å². The molecule has 0 N–H and O–H groups in total. The van der Waals surface area contributed by atoms with E-state index in [0.29, 0.717) is 9.79 Å². The number of sulfone groups is 1. The summed E-state index contributed by atoms with van der Waals surface area (Å²) < 4.78 is 24.1. The van der Waals surface area contributed by atoms with Crippen LogP contribution < -0.4 is 0 Å². The highest BCUT2D eigenvalue weighted by molar-refractivity contribution is 7.91. The Hall–Kier alpha value is -2.39. The molecule has 106 valence electrons. The maximum atomic E-state index is 12.0. The number of benzene rings is 3. The molecule has 3 aromatic carbocycles. The molecule has 3 aromatic rings. The molecule has 0 bridgehead atoms. The monoisotopic (exact) mass is 296 g/mol. The first kappa shape index (κ1) is 15.0. The van der Waals surface area contributed by atoms with Crippen LogP contribution in [-0.2, 0) is 9.84 Å². The van der Waals surface area contributed by atoms with Crippen molar-refractivity contribution in [3.05, 3.63) is 97.1 Å². The van der Waals surface area contributed by atoms with Crippen LogP contribution in [0.2, 0.25) is 0 Å². The molecule has 0 heterocycles. The predicted octanol–water partition coefficient (Wildman–Crippen LogP) is 4.21. The molecule has 2 nitrogen and oxygen atoms in total. The Morgan fingerprint density at radius 1 is 0.429 bits per heavy atom. The molecular weight excluding hydrogens is 280 g/mol. The molecule has 0 radical (unpaired) electrons. The third kappa shape index (κ3) is 4.29. The molecule has 0 aliphatic carbocycles. The molecule has 3 heteroatoms. The summed E-state index contributed by atoms with van der Waals surface area (Å²) in [5.41, 5.74) is 0. The summed E-state index contributed by atoms with van der Waals surface area (Å²) in [6.07, 6.45) is 0. The van der Waals surface area contributed by atoms with Gasteiger partial charge in [-0.3, -0.25) is 0 Å². The van der Waals surface area contributed by atoms with Crippen molar-refractivity contribution in [2.75, 3.05) is 0 Å². The van der Waals surface area contributed by atoms with E-state index in [4.69, 9.17) is 0 Å². The van der Waals surface area contributed by atoms with Gasteiger partial charge in [0.25, 0.3) is 0 Å². The molecule has 0 amide bonds. The molecule has 0 atom stereocenters. The zero-order chi connectivity index (χ0) is 15.0. The Bertz CT molecular complexity index is 665. The molecule has 0 spiro atoms. The lowest BCUT2D eigenvalue weighted by molar-refractivity contribution is 0.596. The fraction of sp³-hybridized carbons (Fsp3) is 0. The standard InChI is InChI=1S/C12H10O2S.C6H6/c13-15(14,11-7-3-1-4-8-11)12-9-5-2-6-10-12;1-2-4-6-5-3-1/h1-10H;1-6H. The van der Waals surface area contributed by atoms with Gasteiger partial charge in [0.2, 0.25) is 9.84 Å². The first-order valence-corrected chi connectivity index (χ1v) is 8.05. The SMILES string of the molecule is O=S(=O)(c1ccccc1)c1ccccc1.c1ccccc1. The van der Waals surface area contributed by atoms with Crippen molar-refractivity contribution < 1.29 is 8.42 Å². The lowest BCUT2D eigenvalue weighted by Gasteiger charge is -2.03. The first-order chi connectivity index (χ1) is 10.2. The maximum absolute atomic E-state index is 12.0. The Morgan fingerprint density at radius 2 is 0.667 bits per heavy atom. The van der Waals surface area contributed by atoms with Gasteiger partial charge in [0.1, 0.15) is 0 Å². The topological polar surface area (TPSA) is 34.1 Å². The van der Waals surface area contributed by atoms with E-state index in [-0.39, 0.29) is 0 Å². The summed E-state index contributed by atoms with van der Waals surface area (Å²) >= 11 is 0. The smallest absolute Gasteiger partial charge is 0.206 e. The highest BCUT2D eigenvalue weighted by Crippen LogP contribution is 2.19. The molecule has 0 aliphatic rings. The van der Waals surface area contributed by atoms with Gasteiger partial charge < -0.3 is 0 Å². The Morgan fingerprint density at radius 3 is 0.952 bits per heavy atom.